The van der Waals surface area contributed by atoms with Crippen molar-refractivity contribution in [3.63, 3.8) is 0 Å². The minimum Gasteiger partial charge on any atom is -0.454 e. The number of fused-ring (bicyclic) bond motifs is 4. The minimum atomic E-state index is 0.108. The van der Waals surface area contributed by atoms with Crippen molar-refractivity contribution < 1.29 is 14.3 Å². The first-order valence-electron chi connectivity index (χ1n) is 8.53. The summed E-state index contributed by atoms with van der Waals surface area (Å²) in [5.41, 5.74) is 3.98. The summed E-state index contributed by atoms with van der Waals surface area (Å²) in [6.45, 7) is 2.59. The van der Waals surface area contributed by atoms with E-state index in [-0.39, 0.29) is 18.6 Å². The second kappa shape index (κ2) is 5.24. The van der Waals surface area contributed by atoms with Crippen LogP contribution in [0.3, 0.4) is 0 Å². The van der Waals surface area contributed by atoms with Crippen molar-refractivity contribution in [3.8, 4) is 11.5 Å². The molecule has 4 nitrogen and oxygen atoms in total. The number of ether oxygens (including phenoxy) is 2. The van der Waals surface area contributed by atoms with Crippen LogP contribution in [-0.2, 0) is 17.6 Å². The lowest BCUT2D eigenvalue weighted by molar-refractivity contribution is -0.116. The molecule has 2 aliphatic heterocycles. The normalized spacial score (nSPS) is 24.3. The van der Waals surface area contributed by atoms with Crippen molar-refractivity contribution in [2.75, 3.05) is 12.1 Å². The molecule has 0 bridgehead atoms. The number of nitrogens with one attached hydrogen (secondary N) is 1. The molecule has 0 saturated carbocycles. The molecule has 1 aromatic heterocycles. The summed E-state index contributed by atoms with van der Waals surface area (Å²) in [6.07, 6.45) is 4.00. The first kappa shape index (κ1) is 14.3. The molecule has 5 rings (SSSR count). The van der Waals surface area contributed by atoms with E-state index in [2.05, 4.69) is 18.3 Å². The molecule has 1 amide bonds. The average molecular weight is 341 g/mol. The van der Waals surface area contributed by atoms with Crippen LogP contribution in [0.1, 0.15) is 47.3 Å². The molecule has 1 aromatic carbocycles. The van der Waals surface area contributed by atoms with E-state index in [1.807, 2.05) is 12.1 Å². The molecule has 0 unspecified atom stereocenters. The Labute approximate surface area is 144 Å². The molecule has 0 fully saturated rings. The quantitative estimate of drug-likeness (QED) is 0.850. The summed E-state index contributed by atoms with van der Waals surface area (Å²) in [4.78, 5) is 13.7. The first-order valence-corrected chi connectivity index (χ1v) is 9.34. The molecule has 5 heteroatoms. The van der Waals surface area contributed by atoms with E-state index in [1.54, 1.807) is 11.3 Å². The highest BCUT2D eigenvalue weighted by molar-refractivity contribution is 7.16. The number of anilines is 1. The maximum absolute atomic E-state index is 12.3. The largest absolute Gasteiger partial charge is 0.454 e. The Balaban J connectivity index is 1.62. The molecule has 0 saturated heterocycles. The van der Waals surface area contributed by atoms with Gasteiger partial charge in [-0.05, 0) is 54.0 Å². The number of amides is 1. The highest BCUT2D eigenvalue weighted by atomic mass is 32.1. The zero-order valence-corrected chi connectivity index (χ0v) is 14.4. The van der Waals surface area contributed by atoms with Gasteiger partial charge in [0.05, 0.1) is 5.00 Å². The zero-order valence-electron chi connectivity index (χ0n) is 13.6. The highest BCUT2D eigenvalue weighted by Gasteiger charge is 2.34. The fourth-order valence-corrected chi connectivity index (χ4v) is 5.61. The van der Waals surface area contributed by atoms with Gasteiger partial charge in [-0.1, -0.05) is 13.0 Å². The number of carbonyl (C=O) groups excluding carboxylic acids is 1. The topological polar surface area (TPSA) is 47.6 Å². The second-order valence-corrected chi connectivity index (χ2v) is 8.12. The summed E-state index contributed by atoms with van der Waals surface area (Å²) in [6, 6.07) is 6.09. The number of carbonyl (C=O) groups is 1. The van der Waals surface area contributed by atoms with E-state index < -0.39 is 0 Å². The van der Waals surface area contributed by atoms with Gasteiger partial charge in [0.15, 0.2) is 11.5 Å². The van der Waals surface area contributed by atoms with Crippen molar-refractivity contribution in [3.05, 3.63) is 39.8 Å². The number of thiophene rings is 1. The number of benzene rings is 1. The predicted molar refractivity (Wildman–Crippen MR) is 93.2 cm³/mol. The van der Waals surface area contributed by atoms with E-state index in [9.17, 15) is 4.79 Å². The lowest BCUT2D eigenvalue weighted by Gasteiger charge is -2.26. The van der Waals surface area contributed by atoms with Gasteiger partial charge in [-0.15, -0.1) is 11.3 Å². The third-order valence-corrected chi connectivity index (χ3v) is 6.53. The average Bonchev–Trinajstić information content (AvgIpc) is 3.16. The van der Waals surface area contributed by atoms with Crippen LogP contribution in [0.15, 0.2) is 18.2 Å². The number of rotatable bonds is 1. The SMILES string of the molecule is C[C@H]1CCc2c(sc3c2[C@@H](c2ccc4c(c2)OCO4)CC(=O)N3)C1. The van der Waals surface area contributed by atoms with Crippen LogP contribution in [0.2, 0.25) is 0 Å². The Hall–Kier alpha value is -2.01. The second-order valence-electron chi connectivity index (χ2n) is 7.01. The first-order chi connectivity index (χ1) is 11.7. The Kier molecular flexibility index (Phi) is 3.13. The van der Waals surface area contributed by atoms with Gasteiger partial charge in [-0.2, -0.15) is 0 Å². The van der Waals surface area contributed by atoms with E-state index in [4.69, 9.17) is 9.47 Å². The van der Waals surface area contributed by atoms with Gasteiger partial charge < -0.3 is 14.8 Å². The van der Waals surface area contributed by atoms with E-state index in [1.165, 1.54) is 22.4 Å². The summed E-state index contributed by atoms with van der Waals surface area (Å²) in [5, 5.41) is 4.17. The molecule has 0 spiro atoms. The number of hydrogen-bond acceptors (Lipinski definition) is 4. The fraction of sp³-hybridized carbons (Fsp3) is 0.421. The Morgan fingerprint density at radius 2 is 2.08 bits per heavy atom. The van der Waals surface area contributed by atoms with Gasteiger partial charge in [-0.3, -0.25) is 4.79 Å². The maximum atomic E-state index is 12.3. The maximum Gasteiger partial charge on any atom is 0.231 e. The third kappa shape index (κ3) is 2.14. The Morgan fingerprint density at radius 1 is 1.21 bits per heavy atom. The van der Waals surface area contributed by atoms with Gasteiger partial charge in [0.25, 0.3) is 0 Å². The van der Waals surface area contributed by atoms with Crippen molar-refractivity contribution in [2.24, 2.45) is 5.92 Å². The molecule has 2 atom stereocenters. The van der Waals surface area contributed by atoms with Crippen LogP contribution in [0.4, 0.5) is 5.00 Å². The van der Waals surface area contributed by atoms with Gasteiger partial charge in [0.2, 0.25) is 12.7 Å². The summed E-state index contributed by atoms with van der Waals surface area (Å²) in [7, 11) is 0. The monoisotopic (exact) mass is 341 g/mol. The van der Waals surface area contributed by atoms with Crippen LogP contribution < -0.4 is 14.8 Å². The molecule has 24 heavy (non-hydrogen) atoms. The van der Waals surface area contributed by atoms with Gasteiger partial charge in [-0.25, -0.2) is 0 Å². The standard InChI is InChI=1S/C19H19NO3S/c1-10-2-4-12-16(6-10)24-19-18(12)13(8-17(21)20-19)11-3-5-14-15(7-11)23-9-22-14/h3,5,7,10,13H,2,4,6,8-9H2,1H3,(H,20,21)/t10-,13+/m0/s1. The molecule has 2 aromatic rings. The van der Waals surface area contributed by atoms with E-state index in [0.29, 0.717) is 6.42 Å². The van der Waals surface area contributed by atoms with Gasteiger partial charge in [0.1, 0.15) is 0 Å². The molecule has 0 radical (unpaired) electrons. The van der Waals surface area contributed by atoms with Crippen LogP contribution in [-0.4, -0.2) is 12.7 Å². The van der Waals surface area contributed by atoms with Crippen LogP contribution in [0.5, 0.6) is 11.5 Å². The minimum absolute atomic E-state index is 0.108. The highest BCUT2D eigenvalue weighted by Crippen LogP contribution is 2.49. The molecule has 1 N–H and O–H groups in total. The van der Waals surface area contributed by atoms with E-state index in [0.717, 1.165) is 40.8 Å². The van der Waals surface area contributed by atoms with Gasteiger partial charge >= 0.3 is 0 Å². The zero-order chi connectivity index (χ0) is 16.3. The lowest BCUT2D eigenvalue weighted by atomic mass is 9.80. The molecule has 3 aliphatic rings. The molecule has 124 valence electrons. The Bertz CT molecular complexity index is 841. The van der Waals surface area contributed by atoms with Crippen molar-refractivity contribution in [2.45, 2.75) is 38.5 Å². The van der Waals surface area contributed by atoms with Gasteiger partial charge in [0, 0.05) is 17.2 Å². The van der Waals surface area contributed by atoms with Crippen LogP contribution >= 0.6 is 11.3 Å². The van der Waals surface area contributed by atoms with E-state index >= 15 is 0 Å². The smallest absolute Gasteiger partial charge is 0.231 e. The summed E-state index contributed by atoms with van der Waals surface area (Å²) < 4.78 is 11.0. The predicted octanol–water partition coefficient (Wildman–Crippen LogP) is 4.08. The lowest BCUT2D eigenvalue weighted by Crippen LogP contribution is -2.23. The fourth-order valence-electron chi connectivity index (χ4n) is 4.12. The molecular weight excluding hydrogens is 322 g/mol. The van der Waals surface area contributed by atoms with Crippen LogP contribution in [0.25, 0.3) is 0 Å². The molecule has 3 heterocycles. The summed E-state index contributed by atoms with van der Waals surface area (Å²) in [5.74, 6) is 2.55. The Morgan fingerprint density at radius 3 is 3.00 bits per heavy atom. The third-order valence-electron chi connectivity index (χ3n) is 5.34. The van der Waals surface area contributed by atoms with Crippen LogP contribution in [0, 0.1) is 5.92 Å². The van der Waals surface area contributed by atoms with Crippen molar-refractivity contribution >= 4 is 22.2 Å². The molecular formula is C19H19NO3S. The van der Waals surface area contributed by atoms with Crippen molar-refractivity contribution in [1.82, 2.24) is 0 Å². The summed E-state index contributed by atoms with van der Waals surface area (Å²) >= 11 is 1.78. The van der Waals surface area contributed by atoms with Crippen molar-refractivity contribution in [1.29, 1.82) is 0 Å². The molecule has 1 aliphatic carbocycles. The number of hydrogen-bond donors (Lipinski definition) is 1.